The molecule has 112 valence electrons. The van der Waals surface area contributed by atoms with Gasteiger partial charge in [0.05, 0.1) is 0 Å². The van der Waals surface area contributed by atoms with E-state index in [0.717, 1.165) is 35.8 Å². The lowest BCUT2D eigenvalue weighted by Crippen LogP contribution is -2.22. The predicted molar refractivity (Wildman–Crippen MR) is 89.6 cm³/mol. The normalized spacial score (nSPS) is 19.2. The Bertz CT molecular complexity index is 638. The fourth-order valence-corrected chi connectivity index (χ4v) is 3.14. The van der Waals surface area contributed by atoms with Crippen molar-refractivity contribution in [2.75, 3.05) is 37.2 Å². The maximum Gasteiger partial charge on any atom is 0.0422 e. The Labute approximate surface area is 126 Å². The van der Waals surface area contributed by atoms with Crippen molar-refractivity contribution in [3.8, 4) is 0 Å². The molecule has 2 heterocycles. The van der Waals surface area contributed by atoms with E-state index in [-0.39, 0.29) is 0 Å². The number of rotatable bonds is 4. The van der Waals surface area contributed by atoms with Gasteiger partial charge in [0.15, 0.2) is 0 Å². The van der Waals surface area contributed by atoms with Crippen LogP contribution in [0.2, 0.25) is 0 Å². The number of hydrogen-bond donors (Lipinski definition) is 2. The molecule has 21 heavy (non-hydrogen) atoms. The molecule has 0 radical (unpaired) electrons. The van der Waals surface area contributed by atoms with Gasteiger partial charge in [-0.05, 0) is 50.6 Å². The summed E-state index contributed by atoms with van der Waals surface area (Å²) in [4.78, 5) is 6.87. The molecule has 1 aromatic carbocycles. The lowest BCUT2D eigenvalue weighted by molar-refractivity contribution is 0.345. The number of benzene rings is 1. The monoisotopic (exact) mass is 284 g/mol. The van der Waals surface area contributed by atoms with E-state index in [4.69, 9.17) is 5.73 Å². The predicted octanol–water partition coefficient (Wildman–Crippen LogP) is 2.88. The Morgan fingerprint density at radius 2 is 2.24 bits per heavy atom. The number of likely N-dealkylation sites (tertiary alicyclic amines) is 1. The first-order valence-corrected chi connectivity index (χ1v) is 7.78. The van der Waals surface area contributed by atoms with Gasteiger partial charge in [-0.2, -0.15) is 0 Å². The van der Waals surface area contributed by atoms with Crippen LogP contribution in [0.3, 0.4) is 0 Å². The Balaban J connectivity index is 1.78. The Kier molecular flexibility index (Phi) is 3.97. The second-order valence-electron chi connectivity index (χ2n) is 6.00. The van der Waals surface area contributed by atoms with Gasteiger partial charge < -0.3 is 16.0 Å². The number of nitrogens with zero attached hydrogens (tertiary/aromatic N) is 2. The molecule has 3 rings (SSSR count). The summed E-state index contributed by atoms with van der Waals surface area (Å²) in [7, 11) is 0. The lowest BCUT2D eigenvalue weighted by atomic mass is 10.1. The first kappa shape index (κ1) is 14.1. The number of hydrogen-bond acceptors (Lipinski definition) is 4. The van der Waals surface area contributed by atoms with Crippen LogP contribution in [0.5, 0.6) is 0 Å². The summed E-state index contributed by atoms with van der Waals surface area (Å²) in [5.41, 5.74) is 9.04. The van der Waals surface area contributed by atoms with Gasteiger partial charge in [-0.15, -0.1) is 0 Å². The third kappa shape index (κ3) is 2.95. The number of aromatic nitrogens is 1. The van der Waals surface area contributed by atoms with E-state index in [9.17, 15) is 0 Å². The maximum atomic E-state index is 6.06. The molecule has 0 aliphatic carbocycles. The summed E-state index contributed by atoms with van der Waals surface area (Å²) in [6.07, 6.45) is 3.16. The van der Waals surface area contributed by atoms with E-state index in [1.807, 2.05) is 19.2 Å². The number of nitrogens with one attached hydrogen (secondary N) is 1. The Hall–Kier alpha value is -1.81. The topological polar surface area (TPSA) is 54.2 Å². The van der Waals surface area contributed by atoms with E-state index in [1.165, 1.54) is 30.6 Å². The van der Waals surface area contributed by atoms with Crippen molar-refractivity contribution in [3.05, 3.63) is 30.1 Å². The minimum Gasteiger partial charge on any atom is -0.398 e. The summed E-state index contributed by atoms with van der Waals surface area (Å²) >= 11 is 0. The van der Waals surface area contributed by atoms with Crippen LogP contribution in [0.4, 0.5) is 11.4 Å². The van der Waals surface area contributed by atoms with Crippen LogP contribution < -0.4 is 11.1 Å². The number of anilines is 2. The van der Waals surface area contributed by atoms with Crippen molar-refractivity contribution >= 4 is 22.1 Å². The molecule has 4 heteroatoms. The van der Waals surface area contributed by atoms with Crippen LogP contribution in [0.1, 0.15) is 19.0 Å². The van der Waals surface area contributed by atoms with Gasteiger partial charge in [0.1, 0.15) is 0 Å². The van der Waals surface area contributed by atoms with Crippen molar-refractivity contribution in [2.24, 2.45) is 5.92 Å². The largest absolute Gasteiger partial charge is 0.398 e. The van der Waals surface area contributed by atoms with Gasteiger partial charge in [-0.1, -0.05) is 6.92 Å². The molecule has 1 aliphatic rings. The molecule has 1 aromatic heterocycles. The molecule has 3 N–H and O–H groups in total. The van der Waals surface area contributed by atoms with Crippen molar-refractivity contribution in [1.82, 2.24) is 9.88 Å². The number of aryl methyl sites for hydroxylation is 1. The molecule has 0 spiro atoms. The summed E-state index contributed by atoms with van der Waals surface area (Å²) in [5, 5.41) is 5.83. The van der Waals surface area contributed by atoms with Gasteiger partial charge in [-0.25, -0.2) is 0 Å². The first-order valence-electron chi connectivity index (χ1n) is 7.78. The second kappa shape index (κ2) is 5.90. The molecular weight excluding hydrogens is 260 g/mol. The quantitative estimate of drug-likeness (QED) is 0.848. The molecule has 1 atom stereocenters. The lowest BCUT2D eigenvalue weighted by Gasteiger charge is -2.16. The third-order valence-corrected chi connectivity index (χ3v) is 4.47. The van der Waals surface area contributed by atoms with Crippen LogP contribution in [-0.2, 0) is 0 Å². The molecule has 1 unspecified atom stereocenters. The highest BCUT2D eigenvalue weighted by atomic mass is 15.1. The molecule has 0 amide bonds. The zero-order valence-electron chi connectivity index (χ0n) is 12.9. The van der Waals surface area contributed by atoms with Crippen LogP contribution in [0.25, 0.3) is 10.8 Å². The molecule has 1 saturated heterocycles. The summed E-state index contributed by atoms with van der Waals surface area (Å²) in [5.74, 6) is 0.737. The van der Waals surface area contributed by atoms with E-state index in [2.05, 4.69) is 34.3 Å². The van der Waals surface area contributed by atoms with Gasteiger partial charge in [0.2, 0.25) is 0 Å². The molecule has 0 saturated carbocycles. The van der Waals surface area contributed by atoms with Crippen LogP contribution in [0.15, 0.2) is 24.4 Å². The summed E-state index contributed by atoms with van der Waals surface area (Å²) in [6, 6.07) is 6.17. The van der Waals surface area contributed by atoms with Crippen molar-refractivity contribution < 1.29 is 0 Å². The van der Waals surface area contributed by atoms with E-state index in [1.54, 1.807) is 0 Å². The number of fused-ring (bicyclic) bond motifs is 1. The van der Waals surface area contributed by atoms with Crippen LogP contribution >= 0.6 is 0 Å². The highest BCUT2D eigenvalue weighted by molar-refractivity contribution is 6.00. The van der Waals surface area contributed by atoms with Crippen LogP contribution in [-0.4, -0.2) is 36.1 Å². The van der Waals surface area contributed by atoms with Crippen molar-refractivity contribution in [1.29, 1.82) is 0 Å². The zero-order valence-corrected chi connectivity index (χ0v) is 12.9. The average Bonchev–Trinajstić information content (AvgIpc) is 2.94. The molecule has 2 aromatic rings. The fraction of sp³-hybridized carbons (Fsp3) is 0.471. The highest BCUT2D eigenvalue weighted by Crippen LogP contribution is 2.29. The Morgan fingerprint density at radius 3 is 3.00 bits per heavy atom. The number of pyridine rings is 1. The summed E-state index contributed by atoms with van der Waals surface area (Å²) < 4.78 is 0. The Morgan fingerprint density at radius 1 is 1.38 bits per heavy atom. The fourth-order valence-electron chi connectivity index (χ4n) is 3.14. The average molecular weight is 284 g/mol. The van der Waals surface area contributed by atoms with Crippen molar-refractivity contribution in [2.45, 2.75) is 20.3 Å². The molecular formula is C17H24N4. The van der Waals surface area contributed by atoms with E-state index < -0.39 is 0 Å². The maximum absolute atomic E-state index is 6.06. The summed E-state index contributed by atoms with van der Waals surface area (Å²) in [6.45, 7) is 8.87. The van der Waals surface area contributed by atoms with Crippen molar-refractivity contribution in [3.63, 3.8) is 0 Å². The molecule has 1 aliphatic heterocycles. The minimum atomic E-state index is 0.737. The SMILES string of the molecule is CCN1CCC(CNc2ccc(N)c3cnc(C)cc23)C1. The first-order chi connectivity index (χ1) is 10.2. The smallest absolute Gasteiger partial charge is 0.0422 e. The molecule has 0 bridgehead atoms. The minimum absolute atomic E-state index is 0.737. The highest BCUT2D eigenvalue weighted by Gasteiger charge is 2.20. The third-order valence-electron chi connectivity index (χ3n) is 4.47. The van der Waals surface area contributed by atoms with E-state index >= 15 is 0 Å². The molecule has 4 nitrogen and oxygen atoms in total. The second-order valence-corrected chi connectivity index (χ2v) is 6.00. The van der Waals surface area contributed by atoms with Gasteiger partial charge in [0.25, 0.3) is 0 Å². The van der Waals surface area contributed by atoms with Gasteiger partial charge in [-0.3, -0.25) is 4.98 Å². The van der Waals surface area contributed by atoms with E-state index in [0.29, 0.717) is 0 Å². The molecule has 1 fully saturated rings. The van der Waals surface area contributed by atoms with Gasteiger partial charge in [0, 0.05) is 47.1 Å². The van der Waals surface area contributed by atoms with Gasteiger partial charge >= 0.3 is 0 Å². The standard InChI is InChI=1S/C17H24N4/c1-3-21-7-6-13(11-21)9-20-17-5-4-16(18)15-10-19-12(2)8-14(15)17/h4-5,8,10,13,20H,3,6-7,9,11,18H2,1-2H3. The van der Waals surface area contributed by atoms with Crippen LogP contribution in [0, 0.1) is 12.8 Å². The number of nitrogen functional groups attached to an aromatic ring is 1. The zero-order chi connectivity index (χ0) is 14.8. The number of nitrogens with two attached hydrogens (primary N) is 1.